The Balaban J connectivity index is 2.15. The molecule has 19 heavy (non-hydrogen) atoms. The summed E-state index contributed by atoms with van der Waals surface area (Å²) in [5.41, 5.74) is 3.88. The molecule has 0 heterocycles. The Hall–Kier alpha value is -0.300. The Kier molecular flexibility index (Phi) is 5.94. The monoisotopic (exact) mass is 478 g/mol. The molecule has 0 radical (unpaired) electrons. The van der Waals surface area contributed by atoms with Crippen LogP contribution in [0.25, 0.3) is 0 Å². The molecule has 0 atom stereocenters. The quantitative estimate of drug-likeness (QED) is 0.396. The molecule has 0 fully saturated rings. The number of rotatable bonds is 5. The molecule has 0 aromatic heterocycles. The van der Waals surface area contributed by atoms with E-state index in [1.165, 1.54) is 16.7 Å². The van der Waals surface area contributed by atoms with Gasteiger partial charge in [0.15, 0.2) is 0 Å². The van der Waals surface area contributed by atoms with Gasteiger partial charge in [-0.15, -0.1) is 0 Å². The maximum atomic E-state index is 6.00. The summed E-state index contributed by atoms with van der Waals surface area (Å²) in [6.07, 6.45) is 0.999. The zero-order valence-electron chi connectivity index (χ0n) is 10.8. The summed E-state index contributed by atoms with van der Waals surface area (Å²) in [4.78, 5) is 0. The molecule has 3 heteroatoms. The fraction of sp³-hybridized carbons (Fsp3) is 0.250. The number of halogens is 2. The second-order valence-electron chi connectivity index (χ2n) is 4.25. The van der Waals surface area contributed by atoms with Crippen molar-refractivity contribution in [3.63, 3.8) is 0 Å². The average molecular weight is 478 g/mol. The first-order chi connectivity index (χ1) is 9.22. The highest BCUT2D eigenvalue weighted by Crippen LogP contribution is 2.33. The first kappa shape index (κ1) is 15.1. The number of hydrogen-bond acceptors (Lipinski definition) is 1. The molecule has 2 rings (SSSR count). The van der Waals surface area contributed by atoms with Crippen LogP contribution in [0.3, 0.4) is 0 Å². The van der Waals surface area contributed by atoms with Crippen molar-refractivity contribution in [1.29, 1.82) is 0 Å². The molecule has 0 saturated heterocycles. The van der Waals surface area contributed by atoms with E-state index in [0.29, 0.717) is 8.54 Å². The smallest absolute Gasteiger partial charge is 0.122 e. The van der Waals surface area contributed by atoms with Crippen LogP contribution in [0, 0.1) is 0 Å². The van der Waals surface area contributed by atoms with Gasteiger partial charge in [-0.05, 0) is 29.2 Å². The number of alkyl halides is 2. The van der Waals surface area contributed by atoms with E-state index >= 15 is 0 Å². The molecule has 0 saturated carbocycles. The third kappa shape index (κ3) is 4.08. The molecular formula is C16H16I2O. The molecular weight excluding hydrogens is 462 g/mol. The van der Waals surface area contributed by atoms with Gasteiger partial charge in [-0.1, -0.05) is 94.6 Å². The van der Waals surface area contributed by atoms with Crippen LogP contribution in [-0.2, 0) is 13.0 Å². The largest absolute Gasteiger partial charge is 0.489 e. The van der Waals surface area contributed by atoms with Gasteiger partial charge in [-0.25, -0.2) is 0 Å². The predicted molar refractivity (Wildman–Crippen MR) is 97.4 cm³/mol. The summed E-state index contributed by atoms with van der Waals surface area (Å²) >= 11 is 4.87. The lowest BCUT2D eigenvalue weighted by Gasteiger charge is -2.13. The summed E-state index contributed by atoms with van der Waals surface area (Å²) in [5, 5.41) is 0. The Bertz CT molecular complexity index is 538. The van der Waals surface area contributed by atoms with Crippen molar-refractivity contribution in [2.24, 2.45) is 0 Å². The molecule has 0 amide bonds. The Morgan fingerprint density at radius 1 is 0.947 bits per heavy atom. The molecule has 0 aliphatic carbocycles. The fourth-order valence-corrected chi connectivity index (χ4v) is 3.19. The highest BCUT2D eigenvalue weighted by Gasteiger charge is 2.09. The van der Waals surface area contributed by atoms with E-state index in [-0.39, 0.29) is 0 Å². The number of benzene rings is 2. The van der Waals surface area contributed by atoms with Crippen LogP contribution in [0.4, 0.5) is 0 Å². The van der Waals surface area contributed by atoms with Gasteiger partial charge in [0.1, 0.15) is 12.4 Å². The molecule has 0 bridgehead atoms. The number of para-hydroxylation sites is 1. The summed E-state index contributed by atoms with van der Waals surface area (Å²) in [6.45, 7) is 2.79. The van der Waals surface area contributed by atoms with Crippen LogP contribution >= 0.6 is 45.2 Å². The lowest BCUT2D eigenvalue weighted by molar-refractivity contribution is 0.302. The normalized spacial score (nSPS) is 10.7. The van der Waals surface area contributed by atoms with E-state index in [2.05, 4.69) is 88.5 Å². The first-order valence-electron chi connectivity index (χ1n) is 6.29. The van der Waals surface area contributed by atoms with Gasteiger partial charge in [-0.2, -0.15) is 0 Å². The number of hydrogen-bond donors (Lipinski definition) is 0. The minimum atomic E-state index is 0.469. The summed E-state index contributed by atoms with van der Waals surface area (Å²) in [5.74, 6) is 0.998. The molecule has 100 valence electrons. The lowest BCUT2D eigenvalue weighted by atomic mass is 10.1. The Labute approximate surface area is 142 Å². The van der Waals surface area contributed by atoms with Gasteiger partial charge in [0.05, 0.1) is 1.93 Å². The summed E-state index contributed by atoms with van der Waals surface area (Å²) < 4.78 is 6.47. The molecule has 0 aliphatic rings. The molecule has 0 N–H and O–H groups in total. The molecule has 0 unspecified atom stereocenters. The maximum Gasteiger partial charge on any atom is 0.122 e. The standard InChI is InChI=1S/C16H16I2O/c1-2-12-7-4-6-10-15(12)19-11-13-8-3-5-9-14(13)16(17)18/h3-10,16H,2,11H2,1H3. The van der Waals surface area contributed by atoms with Gasteiger partial charge in [-0.3, -0.25) is 0 Å². The van der Waals surface area contributed by atoms with Crippen LogP contribution < -0.4 is 4.74 Å². The van der Waals surface area contributed by atoms with Gasteiger partial charge >= 0.3 is 0 Å². The van der Waals surface area contributed by atoms with E-state index in [1.54, 1.807) is 0 Å². The summed E-state index contributed by atoms with van der Waals surface area (Å²) in [7, 11) is 0. The summed E-state index contributed by atoms with van der Waals surface area (Å²) in [6, 6.07) is 16.7. The highest BCUT2D eigenvalue weighted by atomic mass is 127. The van der Waals surface area contributed by atoms with E-state index in [9.17, 15) is 0 Å². The van der Waals surface area contributed by atoms with E-state index in [4.69, 9.17) is 4.74 Å². The van der Waals surface area contributed by atoms with Crippen molar-refractivity contribution in [1.82, 2.24) is 0 Å². The van der Waals surface area contributed by atoms with Crippen LogP contribution in [0.1, 0.15) is 25.5 Å². The highest BCUT2D eigenvalue weighted by molar-refractivity contribution is 14.2. The van der Waals surface area contributed by atoms with Crippen molar-refractivity contribution in [3.05, 3.63) is 65.2 Å². The van der Waals surface area contributed by atoms with Gasteiger partial charge in [0.25, 0.3) is 0 Å². The van der Waals surface area contributed by atoms with Crippen molar-refractivity contribution in [2.45, 2.75) is 21.9 Å². The molecule has 0 spiro atoms. The van der Waals surface area contributed by atoms with Gasteiger partial charge in [0, 0.05) is 0 Å². The minimum Gasteiger partial charge on any atom is -0.489 e. The second-order valence-corrected chi connectivity index (χ2v) is 9.12. The van der Waals surface area contributed by atoms with Crippen LogP contribution in [0.2, 0.25) is 0 Å². The van der Waals surface area contributed by atoms with Crippen LogP contribution in [0.15, 0.2) is 48.5 Å². The van der Waals surface area contributed by atoms with Crippen LogP contribution in [0.5, 0.6) is 5.75 Å². The average Bonchev–Trinajstić information content (AvgIpc) is 2.45. The minimum absolute atomic E-state index is 0.469. The fourth-order valence-electron chi connectivity index (χ4n) is 1.97. The number of aryl methyl sites for hydroxylation is 1. The number of ether oxygens (including phenoxy) is 1. The second kappa shape index (κ2) is 7.47. The van der Waals surface area contributed by atoms with E-state index < -0.39 is 0 Å². The van der Waals surface area contributed by atoms with E-state index in [0.717, 1.165) is 12.2 Å². The van der Waals surface area contributed by atoms with Crippen molar-refractivity contribution in [3.8, 4) is 5.75 Å². The maximum absolute atomic E-state index is 6.00. The molecule has 2 aromatic carbocycles. The molecule has 1 nitrogen and oxygen atoms in total. The third-order valence-electron chi connectivity index (χ3n) is 3.03. The predicted octanol–water partition coefficient (Wildman–Crippen LogP) is 5.70. The Morgan fingerprint density at radius 3 is 2.26 bits per heavy atom. The lowest BCUT2D eigenvalue weighted by Crippen LogP contribution is -2.01. The Morgan fingerprint density at radius 2 is 1.58 bits per heavy atom. The van der Waals surface area contributed by atoms with Gasteiger partial charge < -0.3 is 4.74 Å². The van der Waals surface area contributed by atoms with Crippen molar-refractivity contribution < 1.29 is 4.74 Å². The van der Waals surface area contributed by atoms with Crippen LogP contribution in [-0.4, -0.2) is 0 Å². The zero-order valence-corrected chi connectivity index (χ0v) is 15.1. The zero-order chi connectivity index (χ0) is 13.7. The first-order valence-corrected chi connectivity index (χ1v) is 8.78. The SMILES string of the molecule is CCc1ccccc1OCc1ccccc1C(I)I. The topological polar surface area (TPSA) is 9.23 Å². The molecule has 0 aliphatic heterocycles. The van der Waals surface area contributed by atoms with Gasteiger partial charge in [0.2, 0.25) is 0 Å². The van der Waals surface area contributed by atoms with Crippen molar-refractivity contribution >= 4 is 45.2 Å². The third-order valence-corrected chi connectivity index (χ3v) is 4.37. The van der Waals surface area contributed by atoms with Crippen molar-refractivity contribution in [2.75, 3.05) is 0 Å². The van der Waals surface area contributed by atoms with E-state index in [1.807, 2.05) is 12.1 Å². The molecule has 2 aromatic rings.